The fourth-order valence-electron chi connectivity index (χ4n) is 4.35. The minimum Gasteiger partial charge on any atom is -0.370 e. The lowest BCUT2D eigenvalue weighted by Gasteiger charge is -2.42. The Bertz CT molecular complexity index is 744. The fourth-order valence-corrected chi connectivity index (χ4v) is 4.35. The maximum Gasteiger partial charge on any atom is 0.152 e. The van der Waals surface area contributed by atoms with Crippen molar-refractivity contribution in [3.05, 3.63) is 36.0 Å². The van der Waals surface area contributed by atoms with Crippen LogP contribution in [0.3, 0.4) is 0 Å². The highest BCUT2D eigenvalue weighted by molar-refractivity contribution is 5.92. The second kappa shape index (κ2) is 5.41. The minimum atomic E-state index is -0.589. The van der Waals surface area contributed by atoms with Crippen LogP contribution in [0.1, 0.15) is 19.3 Å². The van der Waals surface area contributed by atoms with Gasteiger partial charge in [0.1, 0.15) is 11.3 Å². The average molecular weight is 317 g/mol. The molecule has 4 rings (SSSR count). The van der Waals surface area contributed by atoms with Gasteiger partial charge >= 0.3 is 0 Å². The van der Waals surface area contributed by atoms with Crippen LogP contribution in [0.2, 0.25) is 0 Å². The first-order valence-corrected chi connectivity index (χ1v) is 8.24. The standard InChI is InChI=1S/C18H21F2N3/c1-22-8-5-18(11-22)4-2-7-23(12-18)16-3-6-21-17-14(16)9-13(19)10-15(17)20/h3,6,9-10H,2,4-5,7-8,11-12H2,1H3. The number of likely N-dealkylation sites (tertiary alicyclic amines) is 1. The summed E-state index contributed by atoms with van der Waals surface area (Å²) in [6.07, 6.45) is 5.18. The van der Waals surface area contributed by atoms with E-state index < -0.39 is 11.6 Å². The lowest BCUT2D eigenvalue weighted by Crippen LogP contribution is -2.44. The number of fused-ring (bicyclic) bond motifs is 1. The summed E-state index contributed by atoms with van der Waals surface area (Å²) >= 11 is 0. The first-order chi connectivity index (χ1) is 11.1. The van der Waals surface area contributed by atoms with Crippen molar-refractivity contribution in [2.24, 2.45) is 5.41 Å². The summed E-state index contributed by atoms with van der Waals surface area (Å²) in [5.74, 6) is -1.13. The maximum atomic E-state index is 14.0. The maximum absolute atomic E-state index is 14.0. The van der Waals surface area contributed by atoms with Crippen LogP contribution in [-0.4, -0.2) is 43.1 Å². The predicted octanol–water partition coefficient (Wildman–Crippen LogP) is 3.44. The summed E-state index contributed by atoms with van der Waals surface area (Å²) in [4.78, 5) is 8.78. The first-order valence-electron chi connectivity index (χ1n) is 8.24. The molecule has 0 saturated carbocycles. The number of hydrogen-bond acceptors (Lipinski definition) is 3. The molecule has 5 heteroatoms. The second-order valence-electron chi connectivity index (χ2n) is 7.13. The number of nitrogens with zero attached hydrogens (tertiary/aromatic N) is 3. The van der Waals surface area contributed by atoms with E-state index in [1.807, 2.05) is 6.07 Å². The summed E-state index contributed by atoms with van der Waals surface area (Å²) in [6.45, 7) is 4.13. The van der Waals surface area contributed by atoms with Crippen molar-refractivity contribution in [2.75, 3.05) is 38.1 Å². The highest BCUT2D eigenvalue weighted by atomic mass is 19.1. The summed E-state index contributed by atoms with van der Waals surface area (Å²) in [6, 6.07) is 4.20. The van der Waals surface area contributed by atoms with Crippen molar-refractivity contribution in [3.63, 3.8) is 0 Å². The molecule has 3 heterocycles. The molecular formula is C18H21F2N3. The van der Waals surface area contributed by atoms with E-state index in [1.54, 1.807) is 6.20 Å². The van der Waals surface area contributed by atoms with Gasteiger partial charge in [-0.2, -0.15) is 0 Å². The molecule has 0 bridgehead atoms. The molecule has 2 aliphatic heterocycles. The molecule has 2 aromatic rings. The van der Waals surface area contributed by atoms with E-state index in [4.69, 9.17) is 0 Å². The Morgan fingerprint density at radius 3 is 2.78 bits per heavy atom. The van der Waals surface area contributed by atoms with Gasteiger partial charge in [0.15, 0.2) is 5.82 Å². The SMILES string of the molecule is CN1CCC2(CCCN(c3ccnc4c(F)cc(F)cc34)C2)C1. The molecule has 0 radical (unpaired) electrons. The zero-order chi connectivity index (χ0) is 16.0. The van der Waals surface area contributed by atoms with Gasteiger partial charge in [0.2, 0.25) is 0 Å². The van der Waals surface area contributed by atoms with E-state index >= 15 is 0 Å². The van der Waals surface area contributed by atoms with E-state index in [2.05, 4.69) is 21.8 Å². The van der Waals surface area contributed by atoms with Gasteiger partial charge in [-0.15, -0.1) is 0 Å². The van der Waals surface area contributed by atoms with Gasteiger partial charge in [0.25, 0.3) is 0 Å². The summed E-state index contributed by atoms with van der Waals surface area (Å²) in [5, 5.41) is 0.577. The van der Waals surface area contributed by atoms with Gasteiger partial charge in [-0.1, -0.05) is 0 Å². The third-order valence-electron chi connectivity index (χ3n) is 5.37. The normalized spacial score (nSPS) is 25.6. The van der Waals surface area contributed by atoms with Crippen molar-refractivity contribution in [1.29, 1.82) is 0 Å². The van der Waals surface area contributed by atoms with Crippen LogP contribution in [0.4, 0.5) is 14.5 Å². The molecule has 1 aromatic heterocycles. The zero-order valence-corrected chi connectivity index (χ0v) is 13.4. The van der Waals surface area contributed by atoms with Gasteiger partial charge in [0, 0.05) is 48.4 Å². The van der Waals surface area contributed by atoms with Crippen LogP contribution in [0, 0.1) is 17.0 Å². The van der Waals surface area contributed by atoms with Crippen LogP contribution in [0.25, 0.3) is 10.9 Å². The quantitative estimate of drug-likeness (QED) is 0.803. The highest BCUT2D eigenvalue weighted by Gasteiger charge is 2.40. The Hall–Kier alpha value is -1.75. The summed E-state index contributed by atoms with van der Waals surface area (Å²) in [5.41, 5.74) is 1.48. The van der Waals surface area contributed by atoms with E-state index in [0.29, 0.717) is 10.8 Å². The van der Waals surface area contributed by atoms with Crippen molar-refractivity contribution in [2.45, 2.75) is 19.3 Å². The number of aromatic nitrogens is 1. The molecule has 1 aromatic carbocycles. The lowest BCUT2D eigenvalue weighted by atomic mass is 9.79. The molecule has 1 atom stereocenters. The van der Waals surface area contributed by atoms with Gasteiger partial charge in [-0.25, -0.2) is 8.78 Å². The predicted molar refractivity (Wildman–Crippen MR) is 87.7 cm³/mol. The van der Waals surface area contributed by atoms with Crippen LogP contribution < -0.4 is 4.90 Å². The topological polar surface area (TPSA) is 19.4 Å². The van der Waals surface area contributed by atoms with Gasteiger partial charge in [-0.05, 0) is 45.0 Å². The van der Waals surface area contributed by atoms with Gasteiger partial charge < -0.3 is 9.80 Å². The molecule has 1 spiro atoms. The largest absolute Gasteiger partial charge is 0.370 e. The van der Waals surface area contributed by atoms with E-state index in [0.717, 1.165) is 44.4 Å². The second-order valence-corrected chi connectivity index (χ2v) is 7.13. The molecule has 0 aliphatic carbocycles. The van der Waals surface area contributed by atoms with Crippen LogP contribution in [0.5, 0.6) is 0 Å². The lowest BCUT2D eigenvalue weighted by molar-refractivity contribution is 0.234. The molecule has 2 saturated heterocycles. The third kappa shape index (κ3) is 2.57. The summed E-state index contributed by atoms with van der Waals surface area (Å²) in [7, 11) is 2.17. The van der Waals surface area contributed by atoms with E-state index in [9.17, 15) is 8.78 Å². The molecule has 2 fully saturated rings. The van der Waals surface area contributed by atoms with Crippen molar-refractivity contribution < 1.29 is 8.78 Å². The number of hydrogen-bond donors (Lipinski definition) is 0. The third-order valence-corrected chi connectivity index (χ3v) is 5.37. The smallest absolute Gasteiger partial charge is 0.152 e. The molecule has 23 heavy (non-hydrogen) atoms. The number of rotatable bonds is 1. The molecule has 0 N–H and O–H groups in total. The van der Waals surface area contributed by atoms with E-state index in [1.165, 1.54) is 18.9 Å². The van der Waals surface area contributed by atoms with Crippen LogP contribution in [0.15, 0.2) is 24.4 Å². The number of halogens is 2. The van der Waals surface area contributed by atoms with Gasteiger partial charge in [0.05, 0.1) is 0 Å². The molecule has 3 nitrogen and oxygen atoms in total. The monoisotopic (exact) mass is 317 g/mol. The molecule has 2 aliphatic rings. The Labute approximate surface area is 134 Å². The van der Waals surface area contributed by atoms with Gasteiger partial charge in [-0.3, -0.25) is 4.98 Å². The zero-order valence-electron chi connectivity index (χ0n) is 13.4. The van der Waals surface area contributed by atoms with E-state index in [-0.39, 0.29) is 5.52 Å². The number of piperidine rings is 1. The Balaban J connectivity index is 1.74. The number of benzene rings is 1. The van der Waals surface area contributed by atoms with Crippen LogP contribution in [-0.2, 0) is 0 Å². The number of anilines is 1. The fraction of sp³-hybridized carbons (Fsp3) is 0.500. The molecular weight excluding hydrogens is 296 g/mol. The van der Waals surface area contributed by atoms with Crippen molar-refractivity contribution in [1.82, 2.24) is 9.88 Å². The summed E-state index contributed by atoms with van der Waals surface area (Å²) < 4.78 is 27.7. The first kappa shape index (κ1) is 14.8. The molecule has 1 unspecified atom stereocenters. The van der Waals surface area contributed by atoms with Crippen LogP contribution >= 0.6 is 0 Å². The molecule has 122 valence electrons. The molecule has 0 amide bonds. The van der Waals surface area contributed by atoms with Crippen molar-refractivity contribution in [3.8, 4) is 0 Å². The average Bonchev–Trinajstić information content (AvgIpc) is 2.87. The Morgan fingerprint density at radius 1 is 1.13 bits per heavy atom. The minimum absolute atomic E-state index is 0.257. The highest BCUT2D eigenvalue weighted by Crippen LogP contribution is 2.41. The Kier molecular flexibility index (Phi) is 3.48. The van der Waals surface area contributed by atoms with Crippen molar-refractivity contribution >= 4 is 16.6 Å². The number of pyridine rings is 1. The Morgan fingerprint density at radius 2 is 2.00 bits per heavy atom.